The van der Waals surface area contributed by atoms with Crippen LogP contribution in [0.15, 0.2) is 29.4 Å². The van der Waals surface area contributed by atoms with E-state index in [1.807, 2.05) is 43.5 Å². The molecule has 0 saturated carbocycles. The fourth-order valence-electron chi connectivity index (χ4n) is 1.55. The summed E-state index contributed by atoms with van der Waals surface area (Å²) in [5, 5.41) is 12.9. The summed E-state index contributed by atoms with van der Waals surface area (Å²) in [7, 11) is 0. The van der Waals surface area contributed by atoms with E-state index >= 15 is 0 Å². The second kappa shape index (κ2) is 5.91. The Kier molecular flexibility index (Phi) is 4.25. The van der Waals surface area contributed by atoms with E-state index in [2.05, 4.69) is 15.3 Å². The lowest BCUT2D eigenvalue weighted by Crippen LogP contribution is -2.01. The van der Waals surface area contributed by atoms with Crippen molar-refractivity contribution >= 4 is 34.9 Å². The number of halogens is 1. The number of benzene rings is 1. The molecular weight excluding hydrogens is 280 g/mol. The second-order valence-electron chi connectivity index (χ2n) is 3.83. The minimum atomic E-state index is 0.164. The van der Waals surface area contributed by atoms with Gasteiger partial charge in [0.2, 0.25) is 0 Å². The van der Waals surface area contributed by atoms with Crippen LogP contribution in [-0.4, -0.2) is 16.2 Å². The number of nitriles is 1. The van der Waals surface area contributed by atoms with E-state index in [1.165, 1.54) is 11.8 Å². The quantitative estimate of drug-likeness (QED) is 0.529. The lowest BCUT2D eigenvalue weighted by molar-refractivity contribution is 0.969. The first-order valence-corrected chi connectivity index (χ1v) is 7.09. The van der Waals surface area contributed by atoms with Crippen LogP contribution in [0, 0.1) is 18.3 Å². The molecule has 1 heterocycles. The van der Waals surface area contributed by atoms with Crippen molar-refractivity contribution in [2.75, 3.05) is 11.6 Å². The molecule has 0 unspecified atom stereocenters. The summed E-state index contributed by atoms with van der Waals surface area (Å²) in [6.45, 7) is 2.00. The monoisotopic (exact) mass is 290 g/mol. The van der Waals surface area contributed by atoms with Crippen LogP contribution in [0.2, 0.25) is 5.15 Å². The van der Waals surface area contributed by atoms with Gasteiger partial charge in [-0.15, -0.1) is 0 Å². The fraction of sp³-hybridized carbons (Fsp3) is 0.154. The molecule has 0 aliphatic heterocycles. The molecule has 0 aliphatic carbocycles. The summed E-state index contributed by atoms with van der Waals surface area (Å²) in [6, 6.07) is 9.82. The van der Waals surface area contributed by atoms with E-state index in [4.69, 9.17) is 16.9 Å². The molecule has 2 rings (SSSR count). The molecule has 96 valence electrons. The van der Waals surface area contributed by atoms with E-state index in [0.717, 1.165) is 11.3 Å². The third-order valence-electron chi connectivity index (χ3n) is 2.42. The molecule has 0 spiro atoms. The van der Waals surface area contributed by atoms with Crippen molar-refractivity contribution in [1.82, 2.24) is 9.97 Å². The Morgan fingerprint density at radius 1 is 1.37 bits per heavy atom. The van der Waals surface area contributed by atoms with Crippen LogP contribution in [0.1, 0.15) is 11.1 Å². The molecule has 0 saturated heterocycles. The van der Waals surface area contributed by atoms with Gasteiger partial charge in [0.15, 0.2) is 16.1 Å². The summed E-state index contributed by atoms with van der Waals surface area (Å²) < 4.78 is 0. The van der Waals surface area contributed by atoms with Gasteiger partial charge in [-0.3, -0.25) is 0 Å². The third-order valence-corrected chi connectivity index (χ3v) is 3.24. The molecule has 0 fully saturated rings. The highest BCUT2D eigenvalue weighted by atomic mass is 35.5. The summed E-state index contributed by atoms with van der Waals surface area (Å²) in [5.41, 5.74) is 2.23. The summed E-state index contributed by atoms with van der Waals surface area (Å²) in [5.74, 6) is 0.428. The molecule has 19 heavy (non-hydrogen) atoms. The number of nitrogens with one attached hydrogen (secondary N) is 1. The van der Waals surface area contributed by atoms with E-state index in [9.17, 15) is 0 Å². The van der Waals surface area contributed by atoms with Gasteiger partial charge in [-0.2, -0.15) is 5.26 Å². The topological polar surface area (TPSA) is 61.6 Å². The highest BCUT2D eigenvalue weighted by Gasteiger charge is 2.12. The molecule has 4 nitrogen and oxygen atoms in total. The van der Waals surface area contributed by atoms with Crippen LogP contribution in [0.4, 0.5) is 11.5 Å². The smallest absolute Gasteiger partial charge is 0.190 e. The van der Waals surface area contributed by atoms with Crippen molar-refractivity contribution in [2.45, 2.75) is 12.1 Å². The number of aryl methyl sites for hydroxylation is 1. The predicted molar refractivity (Wildman–Crippen MR) is 78.0 cm³/mol. The molecule has 0 atom stereocenters. The number of thioether (sulfide) groups is 1. The fourth-order valence-corrected chi connectivity index (χ4v) is 2.18. The molecule has 0 aliphatic rings. The van der Waals surface area contributed by atoms with Gasteiger partial charge in [0, 0.05) is 5.69 Å². The van der Waals surface area contributed by atoms with Gasteiger partial charge in [-0.05, 0) is 30.9 Å². The molecule has 6 heteroatoms. The van der Waals surface area contributed by atoms with E-state index in [0.29, 0.717) is 11.0 Å². The first-order valence-electron chi connectivity index (χ1n) is 5.49. The zero-order valence-electron chi connectivity index (χ0n) is 10.4. The Hall–Kier alpha value is -1.77. The lowest BCUT2D eigenvalue weighted by atomic mass is 10.2. The average molecular weight is 291 g/mol. The maximum absolute atomic E-state index is 9.13. The largest absolute Gasteiger partial charge is 0.339 e. The molecule has 1 N–H and O–H groups in total. The first kappa shape index (κ1) is 13.7. The van der Waals surface area contributed by atoms with Crippen LogP contribution in [0.5, 0.6) is 0 Å². The Morgan fingerprint density at radius 2 is 2.16 bits per heavy atom. The van der Waals surface area contributed by atoms with Gasteiger partial charge >= 0.3 is 0 Å². The highest BCUT2D eigenvalue weighted by molar-refractivity contribution is 7.98. The van der Waals surface area contributed by atoms with Gasteiger partial charge in [-0.25, -0.2) is 9.97 Å². The summed E-state index contributed by atoms with van der Waals surface area (Å²) >= 11 is 7.36. The normalized spacial score (nSPS) is 10.0. The van der Waals surface area contributed by atoms with Crippen molar-refractivity contribution in [2.24, 2.45) is 0 Å². The standard InChI is InChI=1S/C13H11ClN4S/c1-8-4-3-5-9(6-8)16-12-10(7-15)11(14)17-13(18-12)19-2/h3-6H,1-2H3,(H,16,17,18). The van der Waals surface area contributed by atoms with Crippen LogP contribution in [-0.2, 0) is 0 Å². The van der Waals surface area contributed by atoms with Gasteiger partial charge in [0.1, 0.15) is 11.6 Å². The average Bonchev–Trinajstić information content (AvgIpc) is 2.38. The first-order chi connectivity index (χ1) is 9.13. The number of anilines is 2. The van der Waals surface area contributed by atoms with Crippen molar-refractivity contribution in [3.05, 3.63) is 40.5 Å². The van der Waals surface area contributed by atoms with Crippen LogP contribution in [0.25, 0.3) is 0 Å². The number of nitrogens with zero attached hydrogens (tertiary/aromatic N) is 3. The third kappa shape index (κ3) is 3.16. The number of rotatable bonds is 3. The van der Waals surface area contributed by atoms with Crippen molar-refractivity contribution in [3.8, 4) is 6.07 Å². The molecular formula is C13H11ClN4S. The molecule has 0 radical (unpaired) electrons. The Balaban J connectivity index is 2.44. The van der Waals surface area contributed by atoms with Crippen LogP contribution < -0.4 is 5.32 Å². The van der Waals surface area contributed by atoms with E-state index in [1.54, 1.807) is 0 Å². The van der Waals surface area contributed by atoms with E-state index in [-0.39, 0.29) is 10.7 Å². The minimum absolute atomic E-state index is 0.164. The molecule has 1 aromatic heterocycles. The maximum Gasteiger partial charge on any atom is 0.190 e. The molecule has 0 amide bonds. The second-order valence-corrected chi connectivity index (χ2v) is 4.96. The number of hydrogen-bond donors (Lipinski definition) is 1. The predicted octanol–water partition coefficient (Wildman–Crippen LogP) is 3.78. The number of aromatic nitrogens is 2. The van der Waals surface area contributed by atoms with Gasteiger partial charge < -0.3 is 5.32 Å². The minimum Gasteiger partial charge on any atom is -0.339 e. The molecule has 2 aromatic rings. The van der Waals surface area contributed by atoms with Crippen LogP contribution >= 0.6 is 23.4 Å². The maximum atomic E-state index is 9.13. The SMILES string of the molecule is CSc1nc(Cl)c(C#N)c(Nc2cccc(C)c2)n1. The molecule has 1 aromatic carbocycles. The Bertz CT molecular complexity index is 652. The van der Waals surface area contributed by atoms with Crippen molar-refractivity contribution in [1.29, 1.82) is 5.26 Å². The number of hydrogen-bond acceptors (Lipinski definition) is 5. The summed E-state index contributed by atoms with van der Waals surface area (Å²) in [4.78, 5) is 8.32. The van der Waals surface area contributed by atoms with Gasteiger partial charge in [0.05, 0.1) is 0 Å². The van der Waals surface area contributed by atoms with Crippen LogP contribution in [0.3, 0.4) is 0 Å². The Morgan fingerprint density at radius 3 is 2.79 bits per heavy atom. The zero-order chi connectivity index (χ0) is 13.8. The Labute approximate surface area is 120 Å². The van der Waals surface area contributed by atoms with Crippen molar-refractivity contribution < 1.29 is 0 Å². The zero-order valence-corrected chi connectivity index (χ0v) is 12.0. The highest BCUT2D eigenvalue weighted by Crippen LogP contribution is 2.26. The van der Waals surface area contributed by atoms with Gasteiger partial charge in [0.25, 0.3) is 0 Å². The summed E-state index contributed by atoms with van der Waals surface area (Å²) in [6.07, 6.45) is 1.86. The molecule has 0 bridgehead atoms. The van der Waals surface area contributed by atoms with Gasteiger partial charge in [-0.1, -0.05) is 35.5 Å². The van der Waals surface area contributed by atoms with Crippen molar-refractivity contribution in [3.63, 3.8) is 0 Å². The van der Waals surface area contributed by atoms with E-state index < -0.39 is 0 Å². The lowest BCUT2D eigenvalue weighted by Gasteiger charge is -2.09.